The summed E-state index contributed by atoms with van der Waals surface area (Å²) in [5.74, 6) is 0. The largest absolute Gasteiger partial charge is 0.309 e. The lowest BCUT2D eigenvalue weighted by Crippen LogP contribution is -2.41. The predicted molar refractivity (Wildman–Crippen MR) is 75.2 cm³/mol. The molecular weight excluding hydrogens is 208 g/mol. The molecule has 0 fully saturated rings. The first-order valence-electron chi connectivity index (χ1n) is 6.69. The van der Waals surface area contributed by atoms with Gasteiger partial charge in [-0.05, 0) is 39.0 Å². The Bertz CT molecular complexity index is 297. The van der Waals surface area contributed by atoms with Crippen LogP contribution < -0.4 is 5.32 Å². The van der Waals surface area contributed by atoms with Crippen molar-refractivity contribution in [2.75, 3.05) is 20.1 Å². The van der Waals surface area contributed by atoms with Gasteiger partial charge >= 0.3 is 0 Å². The Labute approximate surface area is 106 Å². The molecule has 0 bridgehead atoms. The van der Waals surface area contributed by atoms with Crippen molar-refractivity contribution in [3.8, 4) is 0 Å². The maximum atomic E-state index is 3.60. The highest BCUT2D eigenvalue weighted by Crippen LogP contribution is 2.20. The minimum absolute atomic E-state index is 0.415. The third-order valence-electron chi connectivity index (χ3n) is 3.34. The molecule has 0 spiro atoms. The molecule has 2 heteroatoms. The van der Waals surface area contributed by atoms with Crippen LogP contribution in [0.4, 0.5) is 0 Å². The molecule has 1 aromatic carbocycles. The van der Waals surface area contributed by atoms with E-state index in [1.807, 2.05) is 0 Å². The molecule has 2 atom stereocenters. The van der Waals surface area contributed by atoms with Gasteiger partial charge in [-0.1, -0.05) is 44.2 Å². The Hall–Kier alpha value is -0.860. The maximum absolute atomic E-state index is 3.60. The molecule has 0 aliphatic carbocycles. The number of nitrogens with one attached hydrogen (secondary N) is 1. The summed E-state index contributed by atoms with van der Waals surface area (Å²) >= 11 is 0. The summed E-state index contributed by atoms with van der Waals surface area (Å²) in [7, 11) is 2.21. The van der Waals surface area contributed by atoms with E-state index in [9.17, 15) is 0 Å². The molecule has 0 saturated heterocycles. The van der Waals surface area contributed by atoms with E-state index >= 15 is 0 Å². The van der Waals surface area contributed by atoms with E-state index < -0.39 is 0 Å². The van der Waals surface area contributed by atoms with Crippen molar-refractivity contribution in [3.63, 3.8) is 0 Å². The van der Waals surface area contributed by atoms with Crippen LogP contribution in [-0.2, 0) is 0 Å². The molecule has 17 heavy (non-hydrogen) atoms. The van der Waals surface area contributed by atoms with Gasteiger partial charge in [-0.3, -0.25) is 0 Å². The van der Waals surface area contributed by atoms with Gasteiger partial charge in [0.2, 0.25) is 0 Å². The Morgan fingerprint density at radius 1 is 1.18 bits per heavy atom. The minimum atomic E-state index is 0.415. The molecule has 0 aromatic heterocycles. The van der Waals surface area contributed by atoms with Gasteiger partial charge in [0.25, 0.3) is 0 Å². The Balaban J connectivity index is 2.78. The molecule has 0 aliphatic rings. The highest BCUT2D eigenvalue weighted by molar-refractivity contribution is 5.20. The molecule has 1 N–H and O–H groups in total. The normalized spacial score (nSPS) is 14.9. The number of hydrogen-bond acceptors (Lipinski definition) is 2. The van der Waals surface area contributed by atoms with Crippen LogP contribution in [0.5, 0.6) is 0 Å². The number of nitrogens with zero attached hydrogens (tertiary/aromatic N) is 1. The fourth-order valence-corrected chi connectivity index (χ4v) is 2.26. The smallest absolute Gasteiger partial charge is 0.0475 e. The third kappa shape index (κ3) is 4.14. The van der Waals surface area contributed by atoms with Crippen molar-refractivity contribution >= 4 is 0 Å². The van der Waals surface area contributed by atoms with Crippen LogP contribution in [0.2, 0.25) is 0 Å². The Morgan fingerprint density at radius 2 is 1.82 bits per heavy atom. The molecule has 1 aromatic rings. The van der Waals surface area contributed by atoms with Crippen LogP contribution in [0.1, 0.15) is 38.8 Å². The zero-order chi connectivity index (χ0) is 12.7. The second kappa shape index (κ2) is 7.46. The molecule has 0 heterocycles. The van der Waals surface area contributed by atoms with Crippen LogP contribution in [0.3, 0.4) is 0 Å². The average Bonchev–Trinajstić information content (AvgIpc) is 2.36. The van der Waals surface area contributed by atoms with Crippen molar-refractivity contribution in [3.05, 3.63) is 35.9 Å². The second-order valence-electron chi connectivity index (χ2n) is 4.67. The van der Waals surface area contributed by atoms with Crippen LogP contribution in [-0.4, -0.2) is 31.1 Å². The van der Waals surface area contributed by atoms with E-state index in [1.165, 1.54) is 12.0 Å². The molecule has 0 aliphatic heterocycles. The van der Waals surface area contributed by atoms with E-state index in [0.717, 1.165) is 13.1 Å². The Morgan fingerprint density at radius 3 is 2.35 bits per heavy atom. The highest BCUT2D eigenvalue weighted by Gasteiger charge is 2.21. The van der Waals surface area contributed by atoms with Crippen LogP contribution in [0.25, 0.3) is 0 Å². The predicted octanol–water partition coefficient (Wildman–Crippen LogP) is 3.07. The maximum Gasteiger partial charge on any atom is 0.0475 e. The summed E-state index contributed by atoms with van der Waals surface area (Å²) in [5, 5.41) is 3.60. The molecule has 0 saturated carbocycles. The summed E-state index contributed by atoms with van der Waals surface area (Å²) in [6, 6.07) is 11.7. The molecule has 2 unspecified atom stereocenters. The van der Waals surface area contributed by atoms with E-state index in [2.05, 4.69) is 68.4 Å². The summed E-state index contributed by atoms with van der Waals surface area (Å²) < 4.78 is 0. The lowest BCUT2D eigenvalue weighted by Gasteiger charge is -2.32. The van der Waals surface area contributed by atoms with Gasteiger partial charge in [-0.2, -0.15) is 0 Å². The van der Waals surface area contributed by atoms with Gasteiger partial charge in [0.15, 0.2) is 0 Å². The van der Waals surface area contributed by atoms with Crippen molar-refractivity contribution in [1.29, 1.82) is 0 Å². The summed E-state index contributed by atoms with van der Waals surface area (Å²) in [5.41, 5.74) is 1.38. The third-order valence-corrected chi connectivity index (χ3v) is 3.34. The molecule has 2 nitrogen and oxygen atoms in total. The second-order valence-corrected chi connectivity index (χ2v) is 4.67. The molecule has 1 rings (SSSR count). The fourth-order valence-electron chi connectivity index (χ4n) is 2.26. The van der Waals surface area contributed by atoms with Gasteiger partial charge in [0.05, 0.1) is 0 Å². The SMILES string of the molecule is CCCN(C)C(C)C(NCC)c1ccccc1. The first kappa shape index (κ1) is 14.2. The van der Waals surface area contributed by atoms with Crippen LogP contribution in [0.15, 0.2) is 30.3 Å². The van der Waals surface area contributed by atoms with Gasteiger partial charge in [0.1, 0.15) is 0 Å². The Kier molecular flexibility index (Phi) is 6.23. The van der Waals surface area contributed by atoms with E-state index in [4.69, 9.17) is 0 Å². The van der Waals surface area contributed by atoms with Crippen LogP contribution >= 0.6 is 0 Å². The van der Waals surface area contributed by atoms with Crippen molar-refractivity contribution < 1.29 is 0 Å². The van der Waals surface area contributed by atoms with Crippen LogP contribution in [0, 0.1) is 0 Å². The lowest BCUT2D eigenvalue weighted by atomic mass is 9.99. The number of benzene rings is 1. The number of hydrogen-bond donors (Lipinski definition) is 1. The zero-order valence-corrected chi connectivity index (χ0v) is 11.6. The van der Waals surface area contributed by atoms with Crippen molar-refractivity contribution in [2.24, 2.45) is 0 Å². The molecular formula is C15H26N2. The molecule has 96 valence electrons. The van der Waals surface area contributed by atoms with Gasteiger partial charge in [-0.25, -0.2) is 0 Å². The first-order chi connectivity index (χ1) is 8.20. The lowest BCUT2D eigenvalue weighted by molar-refractivity contribution is 0.208. The average molecular weight is 234 g/mol. The molecule has 0 radical (unpaired) electrons. The number of likely N-dealkylation sites (N-methyl/N-ethyl adjacent to an activating group) is 2. The van der Waals surface area contributed by atoms with E-state index in [1.54, 1.807) is 0 Å². The summed E-state index contributed by atoms with van der Waals surface area (Å²) in [4.78, 5) is 2.43. The van der Waals surface area contributed by atoms with Gasteiger partial charge in [-0.15, -0.1) is 0 Å². The standard InChI is InChI=1S/C15H26N2/c1-5-12-17(4)13(3)15(16-6-2)14-10-8-7-9-11-14/h7-11,13,15-16H,5-6,12H2,1-4H3. The van der Waals surface area contributed by atoms with E-state index in [-0.39, 0.29) is 0 Å². The monoisotopic (exact) mass is 234 g/mol. The minimum Gasteiger partial charge on any atom is -0.309 e. The summed E-state index contributed by atoms with van der Waals surface area (Å²) in [6.45, 7) is 8.85. The first-order valence-corrected chi connectivity index (χ1v) is 6.69. The molecule has 0 amide bonds. The number of rotatable bonds is 7. The quantitative estimate of drug-likeness (QED) is 0.780. The van der Waals surface area contributed by atoms with Gasteiger partial charge < -0.3 is 10.2 Å². The van der Waals surface area contributed by atoms with Crippen molar-refractivity contribution in [1.82, 2.24) is 10.2 Å². The topological polar surface area (TPSA) is 15.3 Å². The highest BCUT2D eigenvalue weighted by atomic mass is 15.2. The fraction of sp³-hybridized carbons (Fsp3) is 0.600. The van der Waals surface area contributed by atoms with Crippen molar-refractivity contribution in [2.45, 2.75) is 39.3 Å². The van der Waals surface area contributed by atoms with E-state index in [0.29, 0.717) is 12.1 Å². The zero-order valence-electron chi connectivity index (χ0n) is 11.6. The summed E-state index contributed by atoms with van der Waals surface area (Å²) in [6.07, 6.45) is 1.20. The van der Waals surface area contributed by atoms with Gasteiger partial charge in [0, 0.05) is 12.1 Å².